The van der Waals surface area contributed by atoms with E-state index in [1.165, 1.54) is 11.3 Å². The molecule has 0 saturated carbocycles. The lowest BCUT2D eigenvalue weighted by Crippen LogP contribution is -2.35. The number of piperidine rings is 1. The van der Waals surface area contributed by atoms with Gasteiger partial charge in [0, 0.05) is 13.1 Å². The summed E-state index contributed by atoms with van der Waals surface area (Å²) in [5, 5.41) is 23.1. The number of thiazole rings is 1. The molecule has 0 aliphatic carbocycles. The average molecular weight is 282 g/mol. The highest BCUT2D eigenvalue weighted by atomic mass is 32.1. The summed E-state index contributed by atoms with van der Waals surface area (Å²) in [5.41, 5.74) is 0. The molecule has 0 bridgehead atoms. The van der Waals surface area contributed by atoms with Crippen molar-refractivity contribution in [3.8, 4) is 10.7 Å². The Hall–Kier alpha value is -1.51. The Morgan fingerprint density at radius 3 is 2.89 bits per heavy atom. The third-order valence-electron chi connectivity index (χ3n) is 3.05. The standard InChI is InChI=1S/C11H14N4O3S/c16-6-9-13-10(14-18-9)8-5-12-11(19-8)15-3-1-7(17)2-4-15/h5,7,16-17H,1-4,6H2. The highest BCUT2D eigenvalue weighted by Crippen LogP contribution is 2.30. The molecular weight excluding hydrogens is 268 g/mol. The normalized spacial score (nSPS) is 17.1. The maximum atomic E-state index is 9.49. The third kappa shape index (κ3) is 2.60. The molecule has 0 unspecified atom stereocenters. The van der Waals surface area contributed by atoms with Gasteiger partial charge >= 0.3 is 0 Å². The SMILES string of the molecule is OCc1nc(-c2cnc(N3CCC(O)CC3)s2)no1. The van der Waals surface area contributed by atoms with Crippen molar-refractivity contribution in [2.24, 2.45) is 0 Å². The van der Waals surface area contributed by atoms with Gasteiger partial charge in [0.15, 0.2) is 5.13 Å². The Kier molecular flexibility index (Phi) is 3.45. The van der Waals surface area contributed by atoms with Crippen LogP contribution in [0.2, 0.25) is 0 Å². The average Bonchev–Trinajstić information content (AvgIpc) is 3.08. The van der Waals surface area contributed by atoms with Gasteiger partial charge in [0.1, 0.15) is 6.61 Å². The summed E-state index contributed by atoms with van der Waals surface area (Å²) in [6.07, 6.45) is 3.05. The van der Waals surface area contributed by atoms with Crippen molar-refractivity contribution in [3.63, 3.8) is 0 Å². The molecule has 0 aromatic carbocycles. The minimum Gasteiger partial charge on any atom is -0.393 e. The number of anilines is 1. The zero-order valence-corrected chi connectivity index (χ0v) is 11.0. The van der Waals surface area contributed by atoms with Crippen molar-refractivity contribution < 1.29 is 14.7 Å². The molecule has 0 atom stereocenters. The van der Waals surface area contributed by atoms with E-state index in [1.807, 2.05) is 0 Å². The Morgan fingerprint density at radius 1 is 1.42 bits per heavy atom. The molecule has 1 aliphatic heterocycles. The van der Waals surface area contributed by atoms with Crippen LogP contribution >= 0.6 is 11.3 Å². The highest BCUT2D eigenvalue weighted by molar-refractivity contribution is 7.18. The first-order valence-corrected chi connectivity index (χ1v) is 6.90. The fourth-order valence-electron chi connectivity index (χ4n) is 1.99. The second-order valence-corrected chi connectivity index (χ2v) is 5.40. The van der Waals surface area contributed by atoms with Crippen molar-refractivity contribution in [1.29, 1.82) is 0 Å². The maximum Gasteiger partial charge on any atom is 0.252 e. The van der Waals surface area contributed by atoms with E-state index in [0.717, 1.165) is 35.9 Å². The molecule has 102 valence electrons. The van der Waals surface area contributed by atoms with Gasteiger partial charge in [-0.25, -0.2) is 4.98 Å². The molecule has 19 heavy (non-hydrogen) atoms. The predicted molar refractivity (Wildman–Crippen MR) is 68.8 cm³/mol. The van der Waals surface area contributed by atoms with Crippen LogP contribution in [-0.4, -0.2) is 44.5 Å². The lowest BCUT2D eigenvalue weighted by molar-refractivity contribution is 0.145. The molecule has 0 amide bonds. The van der Waals surface area contributed by atoms with Crippen LogP contribution in [0.4, 0.5) is 5.13 Å². The van der Waals surface area contributed by atoms with Crippen LogP contribution in [0.25, 0.3) is 10.7 Å². The van der Waals surface area contributed by atoms with Crippen molar-refractivity contribution in [1.82, 2.24) is 15.1 Å². The number of aliphatic hydroxyl groups excluding tert-OH is 2. The molecule has 1 aliphatic rings. The van der Waals surface area contributed by atoms with Gasteiger partial charge in [-0.05, 0) is 12.8 Å². The first kappa shape index (κ1) is 12.5. The predicted octanol–water partition coefficient (Wildman–Crippen LogP) is 0.647. The second kappa shape index (κ2) is 5.24. The zero-order valence-electron chi connectivity index (χ0n) is 10.2. The van der Waals surface area contributed by atoms with Crippen LogP contribution in [-0.2, 0) is 6.61 Å². The van der Waals surface area contributed by atoms with E-state index in [1.54, 1.807) is 6.20 Å². The Bertz CT molecular complexity index is 548. The number of aliphatic hydroxyl groups is 2. The van der Waals surface area contributed by atoms with Gasteiger partial charge < -0.3 is 19.6 Å². The smallest absolute Gasteiger partial charge is 0.252 e. The topological polar surface area (TPSA) is 95.5 Å². The van der Waals surface area contributed by atoms with Crippen molar-refractivity contribution in [2.45, 2.75) is 25.6 Å². The van der Waals surface area contributed by atoms with Crippen LogP contribution in [0.3, 0.4) is 0 Å². The molecule has 1 saturated heterocycles. The lowest BCUT2D eigenvalue weighted by Gasteiger charge is -2.28. The summed E-state index contributed by atoms with van der Waals surface area (Å²) >= 11 is 1.48. The molecule has 1 fully saturated rings. The minimum absolute atomic E-state index is 0.194. The lowest BCUT2D eigenvalue weighted by atomic mass is 10.1. The number of aromatic nitrogens is 3. The monoisotopic (exact) mass is 282 g/mol. The van der Waals surface area contributed by atoms with Crippen LogP contribution in [0, 0.1) is 0 Å². The van der Waals surface area contributed by atoms with E-state index in [4.69, 9.17) is 9.63 Å². The number of hydrogen-bond acceptors (Lipinski definition) is 8. The summed E-state index contributed by atoms with van der Waals surface area (Å²) in [7, 11) is 0. The fourth-order valence-corrected chi connectivity index (χ4v) is 2.88. The summed E-state index contributed by atoms with van der Waals surface area (Å²) in [5.74, 6) is 0.649. The Labute approximate surface area is 113 Å². The largest absolute Gasteiger partial charge is 0.393 e. The zero-order chi connectivity index (χ0) is 13.2. The Balaban J connectivity index is 1.75. The van der Waals surface area contributed by atoms with Crippen LogP contribution in [0.5, 0.6) is 0 Å². The summed E-state index contributed by atoms with van der Waals surface area (Å²) in [4.78, 5) is 11.4. The van der Waals surface area contributed by atoms with Gasteiger partial charge in [-0.15, -0.1) is 0 Å². The van der Waals surface area contributed by atoms with Gasteiger partial charge in [-0.3, -0.25) is 0 Å². The maximum absolute atomic E-state index is 9.49. The molecule has 2 N–H and O–H groups in total. The van der Waals surface area contributed by atoms with E-state index in [9.17, 15) is 5.11 Å². The third-order valence-corrected chi connectivity index (χ3v) is 4.11. The molecule has 3 heterocycles. The van der Waals surface area contributed by atoms with Gasteiger partial charge in [0.25, 0.3) is 5.89 Å². The number of rotatable bonds is 3. The molecule has 7 nitrogen and oxygen atoms in total. The molecule has 3 rings (SSSR count). The van der Waals surface area contributed by atoms with Gasteiger partial charge in [-0.2, -0.15) is 4.98 Å². The second-order valence-electron chi connectivity index (χ2n) is 4.40. The van der Waals surface area contributed by atoms with E-state index in [2.05, 4.69) is 20.0 Å². The molecule has 8 heteroatoms. The van der Waals surface area contributed by atoms with Crippen LogP contribution in [0.15, 0.2) is 10.7 Å². The summed E-state index contributed by atoms with van der Waals surface area (Å²) in [6.45, 7) is 1.35. The van der Waals surface area contributed by atoms with E-state index in [-0.39, 0.29) is 18.6 Å². The minimum atomic E-state index is -0.261. The fraction of sp³-hybridized carbons (Fsp3) is 0.545. The van der Waals surface area contributed by atoms with Crippen molar-refractivity contribution >= 4 is 16.5 Å². The molecule has 2 aromatic rings. The molecule has 2 aromatic heterocycles. The van der Waals surface area contributed by atoms with Gasteiger partial charge in [0.05, 0.1) is 17.2 Å². The molecule has 0 radical (unpaired) electrons. The highest BCUT2D eigenvalue weighted by Gasteiger charge is 2.20. The summed E-state index contributed by atoms with van der Waals surface area (Å²) in [6, 6.07) is 0. The van der Waals surface area contributed by atoms with Crippen LogP contribution < -0.4 is 4.90 Å². The number of hydrogen-bond donors (Lipinski definition) is 2. The van der Waals surface area contributed by atoms with Crippen LogP contribution in [0.1, 0.15) is 18.7 Å². The summed E-state index contributed by atoms with van der Waals surface area (Å²) < 4.78 is 4.86. The quantitative estimate of drug-likeness (QED) is 0.853. The number of nitrogens with zero attached hydrogens (tertiary/aromatic N) is 4. The van der Waals surface area contributed by atoms with Crippen molar-refractivity contribution in [2.75, 3.05) is 18.0 Å². The Morgan fingerprint density at radius 2 is 2.21 bits per heavy atom. The van der Waals surface area contributed by atoms with Crippen molar-refractivity contribution in [3.05, 3.63) is 12.1 Å². The molecule has 0 spiro atoms. The van der Waals surface area contributed by atoms with E-state index in [0.29, 0.717) is 5.82 Å². The molecular formula is C11H14N4O3S. The van der Waals surface area contributed by atoms with E-state index >= 15 is 0 Å². The van der Waals surface area contributed by atoms with Gasteiger partial charge in [0.2, 0.25) is 5.82 Å². The van der Waals surface area contributed by atoms with E-state index < -0.39 is 0 Å². The van der Waals surface area contributed by atoms with Gasteiger partial charge in [-0.1, -0.05) is 16.5 Å². The first-order valence-electron chi connectivity index (χ1n) is 6.09. The first-order chi connectivity index (χ1) is 9.26.